The summed E-state index contributed by atoms with van der Waals surface area (Å²) in [5.74, 6) is -1.43. The van der Waals surface area contributed by atoms with Crippen molar-refractivity contribution in [3.8, 4) is 10.4 Å². The van der Waals surface area contributed by atoms with Gasteiger partial charge >= 0.3 is 11.8 Å². The van der Waals surface area contributed by atoms with Crippen molar-refractivity contribution in [2.24, 2.45) is 0 Å². The highest BCUT2D eigenvalue weighted by Gasteiger charge is 2.17. The lowest BCUT2D eigenvalue weighted by Gasteiger charge is -2.08. The lowest BCUT2D eigenvalue weighted by Crippen LogP contribution is -2.29. The number of anilines is 2. The standard InChI is InChI=1S/C21H14N6O2S/c28-20(21(29)26-18-11-22-5-6-23-18)25-14-7-13-10-24-27-19(13)15(9-14)17-8-12-3-1-2-4-16(12)30-17/h1-11H,(H,24,27)(H,25,28)(H,23,26,29). The molecule has 3 N–H and O–H groups in total. The van der Waals surface area contributed by atoms with Gasteiger partial charge in [0.25, 0.3) is 0 Å². The Labute approximate surface area is 174 Å². The summed E-state index contributed by atoms with van der Waals surface area (Å²) in [5.41, 5.74) is 2.26. The van der Waals surface area contributed by atoms with E-state index in [1.54, 1.807) is 23.6 Å². The zero-order valence-electron chi connectivity index (χ0n) is 15.4. The normalized spacial score (nSPS) is 10.9. The Hall–Kier alpha value is -4.11. The van der Waals surface area contributed by atoms with E-state index in [0.29, 0.717) is 5.69 Å². The largest absolute Gasteiger partial charge is 0.318 e. The van der Waals surface area contributed by atoms with Crippen molar-refractivity contribution in [2.75, 3.05) is 10.6 Å². The number of carbonyl (C=O) groups excluding carboxylic acids is 2. The van der Waals surface area contributed by atoms with E-state index in [-0.39, 0.29) is 5.82 Å². The SMILES string of the molecule is O=C(Nc1cc(-c2cc3ccccc3s2)c2[nH]ncc2c1)C(=O)Nc1cnccn1. The molecule has 0 atom stereocenters. The van der Waals surface area contributed by atoms with Crippen molar-refractivity contribution in [3.63, 3.8) is 0 Å². The van der Waals surface area contributed by atoms with E-state index in [0.717, 1.165) is 31.4 Å². The first-order chi connectivity index (χ1) is 14.7. The Balaban J connectivity index is 1.46. The van der Waals surface area contributed by atoms with Gasteiger partial charge in [-0.2, -0.15) is 5.10 Å². The van der Waals surface area contributed by atoms with Crippen LogP contribution in [0.5, 0.6) is 0 Å². The minimum absolute atomic E-state index is 0.203. The van der Waals surface area contributed by atoms with Crippen LogP contribution in [0.2, 0.25) is 0 Å². The summed E-state index contributed by atoms with van der Waals surface area (Å²) in [7, 11) is 0. The Morgan fingerprint density at radius 1 is 0.933 bits per heavy atom. The summed E-state index contributed by atoms with van der Waals surface area (Å²) in [6.07, 6.45) is 5.95. The molecule has 0 saturated heterocycles. The molecule has 2 amide bonds. The first-order valence-electron chi connectivity index (χ1n) is 9.02. The predicted octanol–water partition coefficient (Wildman–Crippen LogP) is 3.81. The summed E-state index contributed by atoms with van der Waals surface area (Å²) in [5, 5.41) is 14.2. The van der Waals surface area contributed by atoms with E-state index in [1.807, 2.05) is 18.2 Å². The van der Waals surface area contributed by atoms with Crippen molar-refractivity contribution >= 4 is 55.6 Å². The second-order valence-corrected chi connectivity index (χ2v) is 7.59. The summed E-state index contributed by atoms with van der Waals surface area (Å²) < 4.78 is 1.16. The quantitative estimate of drug-likeness (QED) is 0.389. The molecule has 5 aromatic rings. The highest BCUT2D eigenvalue weighted by atomic mass is 32.1. The van der Waals surface area contributed by atoms with Gasteiger partial charge in [-0.25, -0.2) is 4.98 Å². The number of nitrogens with zero attached hydrogens (tertiary/aromatic N) is 3. The van der Waals surface area contributed by atoms with Gasteiger partial charge in [0.05, 0.1) is 17.9 Å². The fraction of sp³-hybridized carbons (Fsp3) is 0. The molecule has 0 fully saturated rings. The number of hydrogen-bond donors (Lipinski definition) is 3. The minimum Gasteiger partial charge on any atom is -0.318 e. The maximum atomic E-state index is 12.4. The molecule has 8 nitrogen and oxygen atoms in total. The molecule has 0 spiro atoms. The highest BCUT2D eigenvalue weighted by molar-refractivity contribution is 7.22. The lowest BCUT2D eigenvalue weighted by molar-refractivity contribution is -0.133. The van der Waals surface area contributed by atoms with E-state index in [9.17, 15) is 9.59 Å². The second kappa shape index (κ2) is 7.37. The monoisotopic (exact) mass is 414 g/mol. The third kappa shape index (κ3) is 3.38. The molecule has 3 aromatic heterocycles. The minimum atomic E-state index is -0.828. The molecule has 146 valence electrons. The molecule has 2 aromatic carbocycles. The molecule has 0 aliphatic rings. The summed E-state index contributed by atoms with van der Waals surface area (Å²) >= 11 is 1.65. The van der Waals surface area contributed by atoms with Crippen molar-refractivity contribution in [3.05, 3.63) is 67.3 Å². The molecule has 0 saturated carbocycles. The molecule has 3 heterocycles. The van der Waals surface area contributed by atoms with Crippen LogP contribution in [0.1, 0.15) is 0 Å². The third-order valence-corrected chi connectivity index (χ3v) is 5.66. The zero-order valence-corrected chi connectivity index (χ0v) is 16.2. The average molecular weight is 414 g/mol. The van der Waals surface area contributed by atoms with Crippen LogP contribution in [-0.4, -0.2) is 32.0 Å². The van der Waals surface area contributed by atoms with Gasteiger partial charge in [-0.05, 0) is 29.7 Å². The van der Waals surface area contributed by atoms with E-state index < -0.39 is 11.8 Å². The van der Waals surface area contributed by atoms with Gasteiger partial charge in [0.1, 0.15) is 0 Å². The Morgan fingerprint density at radius 2 is 1.80 bits per heavy atom. The van der Waals surface area contributed by atoms with Crippen LogP contribution in [0, 0.1) is 0 Å². The van der Waals surface area contributed by atoms with Crippen LogP contribution >= 0.6 is 11.3 Å². The Morgan fingerprint density at radius 3 is 2.63 bits per heavy atom. The number of nitrogens with one attached hydrogen (secondary N) is 3. The maximum absolute atomic E-state index is 12.4. The van der Waals surface area contributed by atoms with Crippen molar-refractivity contribution in [2.45, 2.75) is 0 Å². The number of hydrogen-bond acceptors (Lipinski definition) is 6. The number of aromatic amines is 1. The topological polar surface area (TPSA) is 113 Å². The van der Waals surface area contributed by atoms with Crippen LogP contribution in [0.15, 0.2) is 67.3 Å². The van der Waals surface area contributed by atoms with Crippen LogP contribution in [0.4, 0.5) is 11.5 Å². The number of benzene rings is 2. The summed E-state index contributed by atoms with van der Waals surface area (Å²) in [4.78, 5) is 33.4. The molecule has 0 aliphatic heterocycles. The van der Waals surface area contributed by atoms with Gasteiger partial charge in [0.2, 0.25) is 0 Å². The molecular weight excluding hydrogens is 400 g/mol. The highest BCUT2D eigenvalue weighted by Crippen LogP contribution is 2.38. The predicted molar refractivity (Wildman–Crippen MR) is 116 cm³/mol. The van der Waals surface area contributed by atoms with Gasteiger partial charge in [0.15, 0.2) is 5.82 Å². The number of fused-ring (bicyclic) bond motifs is 2. The van der Waals surface area contributed by atoms with E-state index in [2.05, 4.69) is 49.0 Å². The van der Waals surface area contributed by atoms with E-state index in [1.165, 1.54) is 18.6 Å². The zero-order chi connectivity index (χ0) is 20.5. The Bertz CT molecular complexity index is 1360. The smallest absolute Gasteiger partial charge is 0.315 e. The van der Waals surface area contributed by atoms with Gasteiger partial charge in [-0.1, -0.05) is 18.2 Å². The van der Waals surface area contributed by atoms with Crippen LogP contribution in [0.25, 0.3) is 31.4 Å². The molecule has 0 radical (unpaired) electrons. The van der Waals surface area contributed by atoms with Crippen LogP contribution < -0.4 is 10.6 Å². The molecule has 0 bridgehead atoms. The fourth-order valence-corrected chi connectivity index (χ4v) is 4.25. The number of thiophene rings is 1. The lowest BCUT2D eigenvalue weighted by atomic mass is 10.1. The third-order valence-electron chi connectivity index (χ3n) is 4.51. The number of amides is 2. The first-order valence-corrected chi connectivity index (χ1v) is 9.83. The van der Waals surface area contributed by atoms with Gasteiger partial charge in [-0.3, -0.25) is 19.7 Å². The number of carbonyl (C=O) groups is 2. The van der Waals surface area contributed by atoms with E-state index >= 15 is 0 Å². The number of aromatic nitrogens is 4. The number of rotatable bonds is 3. The Kier molecular flexibility index (Phi) is 4.41. The second-order valence-electron chi connectivity index (χ2n) is 6.51. The fourth-order valence-electron chi connectivity index (χ4n) is 3.16. The van der Waals surface area contributed by atoms with Crippen molar-refractivity contribution < 1.29 is 9.59 Å². The van der Waals surface area contributed by atoms with Crippen LogP contribution in [-0.2, 0) is 9.59 Å². The summed E-state index contributed by atoms with van der Waals surface area (Å²) in [6, 6.07) is 13.8. The summed E-state index contributed by atoms with van der Waals surface area (Å²) in [6.45, 7) is 0. The van der Waals surface area contributed by atoms with Gasteiger partial charge in [0, 0.05) is 38.6 Å². The molecule has 0 aliphatic carbocycles. The molecule has 0 unspecified atom stereocenters. The number of H-pyrrole nitrogens is 1. The van der Waals surface area contributed by atoms with Crippen LogP contribution in [0.3, 0.4) is 0 Å². The van der Waals surface area contributed by atoms with Gasteiger partial charge < -0.3 is 10.6 Å². The van der Waals surface area contributed by atoms with E-state index in [4.69, 9.17) is 0 Å². The van der Waals surface area contributed by atoms with Gasteiger partial charge in [-0.15, -0.1) is 11.3 Å². The molecule has 9 heteroatoms. The molecular formula is C21H14N6O2S. The molecule has 5 rings (SSSR count). The molecule has 30 heavy (non-hydrogen) atoms. The van der Waals surface area contributed by atoms with Crippen molar-refractivity contribution in [1.29, 1.82) is 0 Å². The van der Waals surface area contributed by atoms with Crippen molar-refractivity contribution in [1.82, 2.24) is 20.2 Å². The maximum Gasteiger partial charge on any atom is 0.315 e. The average Bonchev–Trinajstić information content (AvgIpc) is 3.40. The first kappa shape index (κ1) is 18.0.